The Labute approximate surface area is 131 Å². The molecule has 0 fully saturated rings. The lowest BCUT2D eigenvalue weighted by atomic mass is 10.2. The molecule has 0 N–H and O–H groups in total. The van der Waals surface area contributed by atoms with Gasteiger partial charge in [0.05, 0.1) is 11.0 Å². The zero-order chi connectivity index (χ0) is 16.7. The largest absolute Gasteiger partial charge is 0.460 e. The molecule has 0 bridgehead atoms. The van der Waals surface area contributed by atoms with Gasteiger partial charge in [-0.3, -0.25) is 10.1 Å². The molecule has 0 amide bonds. The molecule has 118 valence electrons. The molecule has 0 spiro atoms. The first-order valence-corrected chi connectivity index (χ1v) is 6.65. The maximum atomic E-state index is 11.4. The highest BCUT2D eigenvalue weighted by Gasteiger charge is 2.12. The van der Waals surface area contributed by atoms with Gasteiger partial charge in [0.15, 0.2) is 6.61 Å². The number of nitro groups is 1. The molecule has 0 saturated carbocycles. The van der Waals surface area contributed by atoms with Gasteiger partial charge in [0.1, 0.15) is 5.02 Å². The van der Waals surface area contributed by atoms with Crippen molar-refractivity contribution in [2.24, 2.45) is 0 Å². The summed E-state index contributed by atoms with van der Waals surface area (Å²) in [5, 5.41) is 10.7. The quantitative estimate of drug-likeness (QED) is 0.345. The highest BCUT2D eigenvalue weighted by atomic mass is 35.5. The van der Waals surface area contributed by atoms with Gasteiger partial charge < -0.3 is 9.47 Å². The number of nitrogens with zero attached hydrogens (tertiary/aromatic N) is 1. The Balaban J connectivity index is 2.61. The van der Waals surface area contributed by atoms with Gasteiger partial charge in [-0.2, -0.15) is 0 Å². The van der Waals surface area contributed by atoms with Crippen LogP contribution in [0.4, 0.5) is 5.69 Å². The molecule has 1 aromatic carbocycles. The molecule has 0 saturated heterocycles. The Morgan fingerprint density at radius 1 is 1.41 bits per heavy atom. The number of rotatable bonds is 6. The van der Waals surface area contributed by atoms with Gasteiger partial charge in [-0.25, -0.2) is 9.59 Å². The minimum Gasteiger partial charge on any atom is -0.460 e. The maximum absolute atomic E-state index is 11.4. The van der Waals surface area contributed by atoms with E-state index < -0.39 is 23.5 Å². The molecular weight excluding hydrogens is 314 g/mol. The lowest BCUT2D eigenvalue weighted by molar-refractivity contribution is -0.384. The van der Waals surface area contributed by atoms with Gasteiger partial charge >= 0.3 is 11.9 Å². The highest BCUT2D eigenvalue weighted by Crippen LogP contribution is 2.25. The molecular formula is C14H14ClNO6. The molecule has 0 aliphatic heterocycles. The van der Waals surface area contributed by atoms with Crippen LogP contribution in [0.25, 0.3) is 6.08 Å². The van der Waals surface area contributed by atoms with E-state index in [-0.39, 0.29) is 16.8 Å². The summed E-state index contributed by atoms with van der Waals surface area (Å²) in [6.07, 6.45) is 2.08. The first kappa shape index (κ1) is 17.6. The van der Waals surface area contributed by atoms with Crippen LogP contribution in [0.3, 0.4) is 0 Å². The van der Waals surface area contributed by atoms with E-state index in [1.165, 1.54) is 24.3 Å². The van der Waals surface area contributed by atoms with E-state index in [0.717, 1.165) is 6.08 Å². The van der Waals surface area contributed by atoms with E-state index >= 15 is 0 Å². The number of esters is 2. The van der Waals surface area contributed by atoms with E-state index in [1.807, 2.05) is 0 Å². The summed E-state index contributed by atoms with van der Waals surface area (Å²) in [5.74, 6) is -1.42. The molecule has 22 heavy (non-hydrogen) atoms. The van der Waals surface area contributed by atoms with Crippen LogP contribution in [-0.4, -0.2) is 29.6 Å². The van der Waals surface area contributed by atoms with E-state index in [1.54, 1.807) is 13.8 Å². The number of carbonyl (C=O) groups excluding carboxylic acids is 2. The predicted octanol–water partition coefficient (Wildman–Crippen LogP) is 2.76. The second kappa shape index (κ2) is 8.14. The predicted molar refractivity (Wildman–Crippen MR) is 79.3 cm³/mol. The monoisotopic (exact) mass is 327 g/mol. The van der Waals surface area contributed by atoms with Crippen molar-refractivity contribution < 1.29 is 24.0 Å². The van der Waals surface area contributed by atoms with Gasteiger partial charge in [0.25, 0.3) is 5.69 Å². The molecule has 0 unspecified atom stereocenters. The van der Waals surface area contributed by atoms with Crippen molar-refractivity contribution in [1.29, 1.82) is 0 Å². The maximum Gasteiger partial charge on any atom is 0.344 e. The average molecular weight is 328 g/mol. The fourth-order valence-corrected chi connectivity index (χ4v) is 1.60. The zero-order valence-electron chi connectivity index (χ0n) is 11.9. The molecule has 1 aromatic rings. The number of nitro benzene ring substituents is 1. The highest BCUT2D eigenvalue weighted by molar-refractivity contribution is 6.32. The summed E-state index contributed by atoms with van der Waals surface area (Å²) in [6.45, 7) is 2.85. The molecule has 1 rings (SSSR count). The van der Waals surface area contributed by atoms with Crippen LogP contribution in [-0.2, 0) is 19.1 Å². The van der Waals surface area contributed by atoms with Gasteiger partial charge in [0, 0.05) is 12.1 Å². The van der Waals surface area contributed by atoms with Crippen LogP contribution >= 0.6 is 11.6 Å². The fourth-order valence-electron chi connectivity index (χ4n) is 1.41. The normalized spacial score (nSPS) is 10.7. The SMILES string of the molecule is CC(C)OC(=O)COC(=O)C=Cc1ccc(Cl)c([N+](=O)[O-])c1. The Morgan fingerprint density at radius 3 is 2.68 bits per heavy atom. The average Bonchev–Trinajstić information content (AvgIpc) is 2.43. The first-order chi connectivity index (χ1) is 10.3. The van der Waals surface area contributed by atoms with Crippen molar-refractivity contribution in [3.63, 3.8) is 0 Å². The van der Waals surface area contributed by atoms with Crippen molar-refractivity contribution in [2.75, 3.05) is 6.61 Å². The minimum absolute atomic E-state index is 0.00107. The van der Waals surface area contributed by atoms with Gasteiger partial charge in [0.2, 0.25) is 0 Å². The van der Waals surface area contributed by atoms with E-state index in [4.69, 9.17) is 16.3 Å². The van der Waals surface area contributed by atoms with Crippen molar-refractivity contribution in [2.45, 2.75) is 20.0 Å². The standard InChI is InChI=1S/C14H14ClNO6/c1-9(2)22-14(18)8-21-13(17)6-4-10-3-5-11(15)12(7-10)16(19)20/h3-7,9H,8H2,1-2H3. The molecule has 0 heterocycles. The van der Waals surface area contributed by atoms with Crippen LogP contribution in [0, 0.1) is 10.1 Å². The summed E-state index contributed by atoms with van der Waals surface area (Å²) in [7, 11) is 0. The number of halogens is 1. The summed E-state index contributed by atoms with van der Waals surface area (Å²) in [4.78, 5) is 32.7. The van der Waals surface area contributed by atoms with E-state index in [2.05, 4.69) is 4.74 Å². The van der Waals surface area contributed by atoms with Crippen molar-refractivity contribution in [1.82, 2.24) is 0 Å². The van der Waals surface area contributed by atoms with E-state index in [0.29, 0.717) is 5.56 Å². The van der Waals surface area contributed by atoms with Gasteiger partial charge in [-0.1, -0.05) is 17.7 Å². The van der Waals surface area contributed by atoms with Gasteiger partial charge in [-0.05, 0) is 31.6 Å². The first-order valence-electron chi connectivity index (χ1n) is 6.28. The Bertz CT molecular complexity index is 611. The summed E-state index contributed by atoms with van der Waals surface area (Å²) in [6, 6.07) is 4.08. The van der Waals surface area contributed by atoms with E-state index in [9.17, 15) is 19.7 Å². The molecule has 8 heteroatoms. The Hall–Kier alpha value is -2.41. The Morgan fingerprint density at radius 2 is 2.09 bits per heavy atom. The summed E-state index contributed by atoms with van der Waals surface area (Å²) >= 11 is 5.67. The van der Waals surface area contributed by atoms with Crippen LogP contribution in [0.5, 0.6) is 0 Å². The molecule has 0 aliphatic rings. The smallest absolute Gasteiger partial charge is 0.344 e. The third-order valence-electron chi connectivity index (χ3n) is 2.28. The Kier molecular flexibility index (Phi) is 6.52. The minimum atomic E-state index is -0.765. The zero-order valence-corrected chi connectivity index (χ0v) is 12.7. The second-order valence-electron chi connectivity index (χ2n) is 4.45. The molecule has 0 aliphatic carbocycles. The van der Waals surface area contributed by atoms with Crippen LogP contribution < -0.4 is 0 Å². The molecule has 7 nitrogen and oxygen atoms in total. The molecule has 0 atom stereocenters. The van der Waals surface area contributed by atoms with Crippen LogP contribution in [0.2, 0.25) is 5.02 Å². The summed E-state index contributed by atoms with van der Waals surface area (Å²) in [5.41, 5.74) is 0.135. The number of ether oxygens (including phenoxy) is 2. The number of hydrogen-bond acceptors (Lipinski definition) is 6. The summed E-state index contributed by atoms with van der Waals surface area (Å²) < 4.78 is 9.46. The van der Waals surface area contributed by atoms with Crippen LogP contribution in [0.1, 0.15) is 19.4 Å². The third-order valence-corrected chi connectivity index (χ3v) is 2.60. The number of benzene rings is 1. The number of hydrogen-bond donors (Lipinski definition) is 0. The van der Waals surface area contributed by atoms with Gasteiger partial charge in [-0.15, -0.1) is 0 Å². The fraction of sp³-hybridized carbons (Fsp3) is 0.286. The molecule has 0 aromatic heterocycles. The van der Waals surface area contributed by atoms with Crippen molar-refractivity contribution in [3.05, 3.63) is 45.0 Å². The van der Waals surface area contributed by atoms with Crippen LogP contribution in [0.15, 0.2) is 24.3 Å². The third kappa shape index (κ3) is 5.92. The lowest BCUT2D eigenvalue weighted by Gasteiger charge is -2.07. The molecule has 0 radical (unpaired) electrons. The second-order valence-corrected chi connectivity index (χ2v) is 4.85. The topological polar surface area (TPSA) is 95.7 Å². The van der Waals surface area contributed by atoms with Crippen molar-refractivity contribution in [3.8, 4) is 0 Å². The van der Waals surface area contributed by atoms with Crippen molar-refractivity contribution >= 4 is 35.3 Å². The lowest BCUT2D eigenvalue weighted by Crippen LogP contribution is -2.18. The number of carbonyl (C=O) groups is 2.